The molecule has 1 aliphatic rings. The molecule has 0 saturated carbocycles. The van der Waals surface area contributed by atoms with E-state index in [0.717, 1.165) is 0 Å². The summed E-state index contributed by atoms with van der Waals surface area (Å²) in [5, 5.41) is 6.41. The number of fused-ring (bicyclic) bond motifs is 2. The van der Waals surface area contributed by atoms with E-state index in [0.29, 0.717) is 21.2 Å². The normalized spacial score (nSPS) is 11.9. The lowest BCUT2D eigenvalue weighted by molar-refractivity contribution is 0.0978. The van der Waals surface area contributed by atoms with Crippen LogP contribution in [0.15, 0.2) is 84.9 Å². The molecule has 0 radical (unpaired) electrons. The third-order valence-electron chi connectivity index (χ3n) is 5.78. The fourth-order valence-electron chi connectivity index (χ4n) is 4.04. The predicted octanol–water partition coefficient (Wildman–Crippen LogP) is 6.27. The van der Waals surface area contributed by atoms with Crippen molar-refractivity contribution in [1.29, 1.82) is 0 Å². The van der Waals surface area contributed by atoms with Crippen LogP contribution in [0, 0.1) is 0 Å². The molecule has 2 amide bonds. The highest BCUT2D eigenvalue weighted by Gasteiger charge is 2.34. The van der Waals surface area contributed by atoms with Crippen molar-refractivity contribution in [3.05, 3.63) is 128 Å². The van der Waals surface area contributed by atoms with E-state index in [-0.39, 0.29) is 39.4 Å². The number of hydrogen-bond acceptors (Lipinski definition) is 4. The van der Waals surface area contributed by atoms with Gasteiger partial charge in [0.25, 0.3) is 11.8 Å². The molecule has 0 unspecified atom stereocenters. The summed E-state index contributed by atoms with van der Waals surface area (Å²) in [5.74, 6) is -1.80. The highest BCUT2D eigenvalue weighted by atomic mass is 35.5. The molecule has 0 aliphatic heterocycles. The Morgan fingerprint density at radius 1 is 0.528 bits per heavy atom. The Bertz CT molecular complexity index is 1450. The molecule has 6 nitrogen and oxygen atoms in total. The maximum atomic E-state index is 13.7. The standard InChI is InChI=1S/C28H16Cl2N2O4/c29-17-11-7-15(8-12-17)27(35)31-21-5-1-3-19-23(21)26(34)24-20(25(19)33)4-2-6-22(24)32-28(36)16-9-13-18(30)14-10-16/h1-14H,(H,31,35)(H,32,36). The number of amides is 2. The van der Waals surface area contributed by atoms with E-state index in [4.69, 9.17) is 23.2 Å². The molecule has 2 N–H and O–H groups in total. The number of ketones is 2. The molecule has 0 atom stereocenters. The minimum atomic E-state index is -0.487. The fraction of sp³-hybridized carbons (Fsp3) is 0. The minimum Gasteiger partial charge on any atom is -0.321 e. The number of hydrogen-bond donors (Lipinski definition) is 2. The number of rotatable bonds is 4. The van der Waals surface area contributed by atoms with Crippen molar-refractivity contribution in [2.75, 3.05) is 10.6 Å². The van der Waals surface area contributed by atoms with E-state index in [1.807, 2.05) is 0 Å². The van der Waals surface area contributed by atoms with Crippen LogP contribution in [-0.2, 0) is 0 Å². The van der Waals surface area contributed by atoms with Gasteiger partial charge in [-0.2, -0.15) is 0 Å². The molecule has 0 bridgehead atoms. The summed E-state index contributed by atoms with van der Waals surface area (Å²) in [6, 6.07) is 21.9. The molecular formula is C28H16Cl2N2O4. The van der Waals surface area contributed by atoms with Crippen molar-refractivity contribution >= 4 is 58.0 Å². The van der Waals surface area contributed by atoms with Crippen molar-refractivity contribution < 1.29 is 19.2 Å². The monoisotopic (exact) mass is 514 g/mol. The van der Waals surface area contributed by atoms with E-state index >= 15 is 0 Å². The van der Waals surface area contributed by atoms with Crippen LogP contribution in [0.4, 0.5) is 11.4 Å². The molecule has 0 heterocycles. The van der Waals surface area contributed by atoms with Gasteiger partial charge < -0.3 is 10.6 Å². The molecular weight excluding hydrogens is 499 g/mol. The Kier molecular flexibility index (Phi) is 6.14. The number of carbonyl (C=O) groups is 4. The summed E-state index contributed by atoms with van der Waals surface area (Å²) in [7, 11) is 0. The van der Waals surface area contributed by atoms with Gasteiger partial charge in [-0.15, -0.1) is 0 Å². The highest BCUT2D eigenvalue weighted by molar-refractivity contribution is 6.33. The van der Waals surface area contributed by atoms with Gasteiger partial charge in [0, 0.05) is 32.3 Å². The molecule has 0 spiro atoms. The first-order chi connectivity index (χ1) is 17.3. The van der Waals surface area contributed by atoms with Crippen LogP contribution >= 0.6 is 23.2 Å². The quantitative estimate of drug-likeness (QED) is 0.295. The minimum absolute atomic E-state index is 0.0607. The summed E-state index contributed by atoms with van der Waals surface area (Å²) < 4.78 is 0. The third-order valence-corrected chi connectivity index (χ3v) is 6.29. The van der Waals surface area contributed by atoms with Crippen molar-refractivity contribution in [3.63, 3.8) is 0 Å². The summed E-state index contributed by atoms with van der Waals surface area (Å²) in [5.41, 5.74) is 1.51. The number of nitrogens with one attached hydrogen (secondary N) is 2. The maximum absolute atomic E-state index is 13.7. The van der Waals surface area contributed by atoms with Gasteiger partial charge in [-0.25, -0.2) is 0 Å². The lowest BCUT2D eigenvalue weighted by Crippen LogP contribution is -2.26. The van der Waals surface area contributed by atoms with Crippen LogP contribution in [0.2, 0.25) is 10.0 Å². The summed E-state index contributed by atoms with van der Waals surface area (Å²) in [6.07, 6.45) is 0. The van der Waals surface area contributed by atoms with E-state index in [1.165, 1.54) is 12.1 Å². The average molecular weight is 515 g/mol. The van der Waals surface area contributed by atoms with Gasteiger partial charge in [-0.05, 0) is 60.7 Å². The predicted molar refractivity (Wildman–Crippen MR) is 139 cm³/mol. The number of carbonyl (C=O) groups excluding carboxylic acids is 4. The zero-order valence-electron chi connectivity index (χ0n) is 18.5. The van der Waals surface area contributed by atoms with Crippen LogP contribution in [-0.4, -0.2) is 23.4 Å². The second-order valence-electron chi connectivity index (χ2n) is 8.04. The van der Waals surface area contributed by atoms with Gasteiger partial charge in [0.15, 0.2) is 11.6 Å². The third kappa shape index (κ3) is 4.28. The lowest BCUT2D eigenvalue weighted by atomic mass is 9.82. The molecule has 0 aromatic heterocycles. The smallest absolute Gasteiger partial charge is 0.255 e. The second kappa shape index (κ2) is 9.41. The molecule has 176 valence electrons. The Hall–Kier alpha value is -4.26. The van der Waals surface area contributed by atoms with Gasteiger partial charge >= 0.3 is 0 Å². The Morgan fingerprint density at radius 3 is 1.31 bits per heavy atom. The largest absolute Gasteiger partial charge is 0.321 e. The number of halogens is 2. The van der Waals surface area contributed by atoms with E-state index < -0.39 is 17.6 Å². The lowest BCUT2D eigenvalue weighted by Gasteiger charge is -2.22. The van der Waals surface area contributed by atoms with Crippen molar-refractivity contribution in [3.8, 4) is 0 Å². The Morgan fingerprint density at radius 2 is 0.917 bits per heavy atom. The Balaban J connectivity index is 1.52. The summed E-state index contributed by atoms with van der Waals surface area (Å²) in [6.45, 7) is 0. The zero-order valence-corrected chi connectivity index (χ0v) is 20.0. The molecule has 8 heteroatoms. The van der Waals surface area contributed by atoms with Crippen molar-refractivity contribution in [2.24, 2.45) is 0 Å². The van der Waals surface area contributed by atoms with Crippen LogP contribution in [0.1, 0.15) is 52.6 Å². The van der Waals surface area contributed by atoms with Crippen molar-refractivity contribution in [2.45, 2.75) is 0 Å². The molecule has 1 aliphatic carbocycles. The maximum Gasteiger partial charge on any atom is 0.255 e. The van der Waals surface area contributed by atoms with Crippen LogP contribution in [0.5, 0.6) is 0 Å². The fourth-order valence-corrected chi connectivity index (χ4v) is 4.29. The first-order valence-electron chi connectivity index (χ1n) is 10.8. The zero-order chi connectivity index (χ0) is 25.4. The molecule has 4 aromatic rings. The molecule has 0 fully saturated rings. The summed E-state index contributed by atoms with van der Waals surface area (Å²) in [4.78, 5) is 52.7. The average Bonchev–Trinajstić information content (AvgIpc) is 2.88. The van der Waals surface area contributed by atoms with Crippen LogP contribution < -0.4 is 10.6 Å². The van der Waals surface area contributed by atoms with E-state index in [9.17, 15) is 19.2 Å². The molecule has 4 aromatic carbocycles. The SMILES string of the molecule is O=C(Nc1cccc2c1C(=O)c1c(NC(=O)c3ccc(Cl)cc3)cccc1C2=O)c1ccc(Cl)cc1. The van der Waals surface area contributed by atoms with Crippen molar-refractivity contribution in [1.82, 2.24) is 0 Å². The number of anilines is 2. The number of benzene rings is 4. The topological polar surface area (TPSA) is 92.3 Å². The molecule has 36 heavy (non-hydrogen) atoms. The molecule has 0 saturated heterocycles. The van der Waals surface area contributed by atoms with E-state index in [1.54, 1.807) is 72.8 Å². The van der Waals surface area contributed by atoms with Gasteiger partial charge in [0.2, 0.25) is 0 Å². The van der Waals surface area contributed by atoms with Gasteiger partial charge in [-0.1, -0.05) is 47.5 Å². The first kappa shape index (κ1) is 23.5. The second-order valence-corrected chi connectivity index (χ2v) is 8.91. The summed E-state index contributed by atoms with van der Waals surface area (Å²) >= 11 is 11.8. The van der Waals surface area contributed by atoms with E-state index in [2.05, 4.69) is 10.6 Å². The van der Waals surface area contributed by atoms with Gasteiger partial charge in [0.1, 0.15) is 0 Å². The van der Waals surface area contributed by atoms with Crippen LogP contribution in [0.25, 0.3) is 0 Å². The van der Waals surface area contributed by atoms with Crippen LogP contribution in [0.3, 0.4) is 0 Å². The highest BCUT2D eigenvalue weighted by Crippen LogP contribution is 2.36. The van der Waals surface area contributed by atoms with Gasteiger partial charge in [0.05, 0.1) is 22.5 Å². The molecule has 5 rings (SSSR count). The Labute approximate surface area is 215 Å². The first-order valence-corrected chi connectivity index (χ1v) is 11.6. The van der Waals surface area contributed by atoms with Gasteiger partial charge in [-0.3, -0.25) is 19.2 Å².